The molecule has 0 bridgehead atoms. The lowest BCUT2D eigenvalue weighted by Gasteiger charge is -2.26. The number of carbonyl (C=O) groups excluding carboxylic acids is 1. The first-order valence-electron chi connectivity index (χ1n) is 6.99. The quantitative estimate of drug-likeness (QED) is 0.487. The van der Waals surface area contributed by atoms with Gasteiger partial charge in [0.15, 0.2) is 0 Å². The van der Waals surface area contributed by atoms with Gasteiger partial charge in [-0.05, 0) is 55.4 Å². The maximum Gasteiger partial charge on any atom is 0.220 e. The summed E-state index contributed by atoms with van der Waals surface area (Å²) >= 11 is 0. The van der Waals surface area contributed by atoms with Gasteiger partial charge in [0.25, 0.3) is 0 Å². The number of halogens is 2. The van der Waals surface area contributed by atoms with Gasteiger partial charge in [0.2, 0.25) is 5.91 Å². The zero-order valence-corrected chi connectivity index (χ0v) is 13.8. The van der Waals surface area contributed by atoms with Crippen molar-refractivity contribution in [3.63, 3.8) is 0 Å². The number of nitrogen functional groups attached to an aromatic ring is 1. The van der Waals surface area contributed by atoms with Crippen LogP contribution in [0.3, 0.4) is 0 Å². The summed E-state index contributed by atoms with van der Waals surface area (Å²) in [5.41, 5.74) is 9.13. The Bertz CT molecular complexity index is 477. The predicted octanol–water partition coefficient (Wildman–Crippen LogP) is 3.96. The third kappa shape index (κ3) is 5.60. The van der Waals surface area contributed by atoms with Gasteiger partial charge in [-0.15, -0.1) is 31.4 Å². The summed E-state index contributed by atoms with van der Waals surface area (Å²) in [5, 5.41) is 3.14. The fraction of sp³-hybridized carbons (Fsp3) is 0.438. The van der Waals surface area contributed by atoms with E-state index in [0.717, 1.165) is 37.8 Å². The topological polar surface area (TPSA) is 55.1 Å². The molecule has 5 heteroatoms. The minimum atomic E-state index is 0. The molecule has 1 atom stereocenters. The van der Waals surface area contributed by atoms with Crippen molar-refractivity contribution in [3.05, 3.63) is 42.0 Å². The van der Waals surface area contributed by atoms with Crippen LogP contribution in [0.2, 0.25) is 0 Å². The number of anilines is 1. The number of allylic oxidation sites excluding steroid dienone is 1. The first-order valence-corrected chi connectivity index (χ1v) is 6.99. The van der Waals surface area contributed by atoms with Crippen LogP contribution in [0.15, 0.2) is 30.9 Å². The van der Waals surface area contributed by atoms with Gasteiger partial charge in [-0.1, -0.05) is 12.1 Å². The summed E-state index contributed by atoms with van der Waals surface area (Å²) in [7, 11) is 0. The number of unbranched alkanes of at least 4 members (excludes halogenated alkanes) is 1. The highest BCUT2D eigenvalue weighted by molar-refractivity contribution is 5.85. The number of nitrogens with two attached hydrogens (primary N) is 1. The molecule has 0 heterocycles. The summed E-state index contributed by atoms with van der Waals surface area (Å²) in [6.07, 6.45) is 7.38. The first kappa shape index (κ1) is 19.8. The van der Waals surface area contributed by atoms with Crippen LogP contribution in [0, 0.1) is 0 Å². The molecule has 1 aliphatic carbocycles. The molecule has 1 aliphatic rings. The molecule has 0 aromatic heterocycles. The number of hydrogen-bond donors (Lipinski definition) is 2. The van der Waals surface area contributed by atoms with E-state index < -0.39 is 0 Å². The molecule has 1 aromatic carbocycles. The van der Waals surface area contributed by atoms with Gasteiger partial charge in [-0.25, -0.2) is 0 Å². The number of hydrogen-bond acceptors (Lipinski definition) is 2. The van der Waals surface area contributed by atoms with Gasteiger partial charge in [-0.3, -0.25) is 4.79 Å². The van der Waals surface area contributed by atoms with Crippen molar-refractivity contribution in [1.29, 1.82) is 0 Å². The van der Waals surface area contributed by atoms with Crippen molar-refractivity contribution in [3.8, 4) is 0 Å². The Balaban J connectivity index is 0.00000200. The summed E-state index contributed by atoms with van der Waals surface area (Å²) in [4.78, 5) is 11.9. The highest BCUT2D eigenvalue weighted by atomic mass is 35.5. The molecule has 2 rings (SSSR count). The molecule has 1 amide bonds. The van der Waals surface area contributed by atoms with Crippen LogP contribution < -0.4 is 11.1 Å². The number of nitrogens with one attached hydrogen (secondary N) is 1. The molecule has 1 unspecified atom stereocenters. The maximum absolute atomic E-state index is 11.9. The third-order valence-corrected chi connectivity index (χ3v) is 3.63. The van der Waals surface area contributed by atoms with Gasteiger partial charge in [-0.2, -0.15) is 0 Å². The second-order valence-corrected chi connectivity index (χ2v) is 5.15. The van der Waals surface area contributed by atoms with E-state index in [0.29, 0.717) is 6.42 Å². The molecule has 0 saturated heterocycles. The number of carbonyl (C=O) groups is 1. The Morgan fingerprint density at radius 3 is 2.90 bits per heavy atom. The second kappa shape index (κ2) is 9.69. The van der Waals surface area contributed by atoms with E-state index in [1.807, 2.05) is 18.2 Å². The number of benzene rings is 1. The molecule has 1 aromatic rings. The van der Waals surface area contributed by atoms with Crippen molar-refractivity contribution in [2.75, 3.05) is 5.73 Å². The fourth-order valence-electron chi connectivity index (χ4n) is 2.66. The number of amides is 1. The van der Waals surface area contributed by atoms with Crippen LogP contribution in [0.4, 0.5) is 5.69 Å². The largest absolute Gasteiger partial charge is 0.399 e. The highest BCUT2D eigenvalue weighted by Crippen LogP contribution is 2.31. The lowest BCUT2D eigenvalue weighted by atomic mass is 9.87. The second-order valence-electron chi connectivity index (χ2n) is 5.15. The Morgan fingerprint density at radius 1 is 1.43 bits per heavy atom. The molecular formula is C16H24Cl2N2O. The lowest BCUT2D eigenvalue weighted by molar-refractivity contribution is -0.122. The maximum atomic E-state index is 11.9. The van der Waals surface area contributed by atoms with Gasteiger partial charge < -0.3 is 11.1 Å². The minimum absolute atomic E-state index is 0. The van der Waals surface area contributed by atoms with E-state index in [1.165, 1.54) is 11.1 Å². The van der Waals surface area contributed by atoms with E-state index in [2.05, 4.69) is 18.0 Å². The van der Waals surface area contributed by atoms with E-state index in [9.17, 15) is 4.79 Å². The number of rotatable bonds is 5. The summed E-state index contributed by atoms with van der Waals surface area (Å²) in [6.45, 7) is 3.67. The molecule has 0 spiro atoms. The van der Waals surface area contributed by atoms with Crippen LogP contribution in [-0.2, 0) is 11.2 Å². The predicted molar refractivity (Wildman–Crippen MR) is 93.2 cm³/mol. The smallest absolute Gasteiger partial charge is 0.220 e. The molecule has 0 fully saturated rings. The Labute approximate surface area is 139 Å². The standard InChI is InChI=1S/C16H22N2O.2ClH/c1-2-3-4-8-16(19)18-15-7-5-6-12-11-13(17)9-10-14(12)15;;/h2,9-11,15H,1,3-8,17H2,(H,18,19);2*1H. The van der Waals surface area contributed by atoms with Crippen LogP contribution in [0.25, 0.3) is 0 Å². The van der Waals surface area contributed by atoms with Crippen molar-refractivity contribution in [1.82, 2.24) is 5.32 Å². The molecule has 0 radical (unpaired) electrons. The average Bonchev–Trinajstić information content (AvgIpc) is 2.39. The van der Waals surface area contributed by atoms with E-state index in [4.69, 9.17) is 5.73 Å². The van der Waals surface area contributed by atoms with Crippen molar-refractivity contribution in [2.45, 2.75) is 44.6 Å². The van der Waals surface area contributed by atoms with E-state index in [1.54, 1.807) is 0 Å². The molecular weight excluding hydrogens is 307 g/mol. The average molecular weight is 331 g/mol. The minimum Gasteiger partial charge on any atom is -0.399 e. The number of fused-ring (bicyclic) bond motifs is 1. The van der Waals surface area contributed by atoms with E-state index >= 15 is 0 Å². The normalized spacial score (nSPS) is 15.9. The Morgan fingerprint density at radius 2 is 2.19 bits per heavy atom. The molecule has 21 heavy (non-hydrogen) atoms. The Kier molecular flexibility index (Phi) is 9.14. The molecule has 0 aliphatic heterocycles. The lowest BCUT2D eigenvalue weighted by Crippen LogP contribution is -2.30. The Hall–Kier alpha value is -1.19. The summed E-state index contributed by atoms with van der Waals surface area (Å²) in [5.74, 6) is 0.136. The van der Waals surface area contributed by atoms with E-state index in [-0.39, 0.29) is 36.8 Å². The van der Waals surface area contributed by atoms with Crippen molar-refractivity contribution in [2.24, 2.45) is 0 Å². The molecule has 118 valence electrons. The summed E-state index contributed by atoms with van der Waals surface area (Å²) in [6, 6.07) is 6.16. The van der Waals surface area contributed by atoms with Gasteiger partial charge in [0, 0.05) is 12.1 Å². The van der Waals surface area contributed by atoms with Gasteiger partial charge in [0.1, 0.15) is 0 Å². The van der Waals surface area contributed by atoms with Crippen LogP contribution in [-0.4, -0.2) is 5.91 Å². The van der Waals surface area contributed by atoms with Crippen molar-refractivity contribution >= 4 is 36.4 Å². The SMILES string of the molecule is C=CCCCC(=O)NC1CCCc2cc(N)ccc21.Cl.Cl. The molecule has 3 N–H and O–H groups in total. The summed E-state index contributed by atoms with van der Waals surface area (Å²) < 4.78 is 0. The van der Waals surface area contributed by atoms with Crippen LogP contribution >= 0.6 is 24.8 Å². The zero-order chi connectivity index (χ0) is 13.7. The number of aryl methyl sites for hydroxylation is 1. The van der Waals surface area contributed by atoms with Crippen LogP contribution in [0.5, 0.6) is 0 Å². The highest BCUT2D eigenvalue weighted by Gasteiger charge is 2.21. The van der Waals surface area contributed by atoms with Crippen LogP contribution in [0.1, 0.15) is 49.3 Å². The first-order chi connectivity index (χ1) is 9.20. The van der Waals surface area contributed by atoms with Gasteiger partial charge in [0.05, 0.1) is 6.04 Å². The molecule has 3 nitrogen and oxygen atoms in total. The monoisotopic (exact) mass is 330 g/mol. The molecule has 0 saturated carbocycles. The fourth-order valence-corrected chi connectivity index (χ4v) is 2.66. The third-order valence-electron chi connectivity index (χ3n) is 3.63. The van der Waals surface area contributed by atoms with Gasteiger partial charge >= 0.3 is 0 Å². The zero-order valence-electron chi connectivity index (χ0n) is 12.1. The van der Waals surface area contributed by atoms with Crippen molar-refractivity contribution < 1.29 is 4.79 Å².